The van der Waals surface area contributed by atoms with Crippen LogP contribution < -0.4 is 5.69 Å². The van der Waals surface area contributed by atoms with Crippen molar-refractivity contribution in [3.63, 3.8) is 0 Å². The van der Waals surface area contributed by atoms with Crippen LogP contribution in [-0.2, 0) is 50.6 Å². The zero-order valence-electron chi connectivity index (χ0n) is 28.8. The number of rotatable bonds is 12. The lowest BCUT2D eigenvalue weighted by atomic mass is 10.0. The highest BCUT2D eigenvalue weighted by molar-refractivity contribution is 7.45. The Hall–Kier alpha value is -4.44. The fourth-order valence-corrected chi connectivity index (χ4v) is 6.33. The van der Waals surface area contributed by atoms with E-state index >= 15 is 0 Å². The van der Waals surface area contributed by atoms with E-state index in [2.05, 4.69) is 10.1 Å². The van der Waals surface area contributed by atoms with Crippen LogP contribution in [0.25, 0.3) is 0 Å². The largest absolute Gasteiger partial charge is 0.416 e. The molecule has 1 aromatic heterocycles. The molecule has 288 valence electrons. The number of nitrogens with one attached hydrogen (secondary N) is 1. The van der Waals surface area contributed by atoms with Crippen molar-refractivity contribution in [1.29, 1.82) is 0 Å². The van der Waals surface area contributed by atoms with E-state index in [1.165, 1.54) is 19.1 Å². The van der Waals surface area contributed by atoms with Crippen molar-refractivity contribution in [2.75, 3.05) is 19.7 Å². The summed E-state index contributed by atoms with van der Waals surface area (Å²) in [6.07, 6.45) is -12.1. The van der Waals surface area contributed by atoms with Crippen molar-refractivity contribution in [1.82, 2.24) is 19.4 Å². The van der Waals surface area contributed by atoms with E-state index in [0.717, 1.165) is 15.6 Å². The molecule has 0 spiro atoms. The van der Waals surface area contributed by atoms with Gasteiger partial charge in [0.2, 0.25) is 0 Å². The first-order valence-corrected chi connectivity index (χ1v) is 17.7. The summed E-state index contributed by atoms with van der Waals surface area (Å²) in [7, 11) is -1.96. The van der Waals surface area contributed by atoms with Gasteiger partial charge < -0.3 is 18.5 Å². The molecule has 1 N–H and O–H groups in total. The van der Waals surface area contributed by atoms with Crippen molar-refractivity contribution < 1.29 is 49.3 Å². The van der Waals surface area contributed by atoms with Crippen LogP contribution in [0.3, 0.4) is 0 Å². The van der Waals surface area contributed by atoms with E-state index in [-0.39, 0.29) is 56.2 Å². The quantitative estimate of drug-likeness (QED) is 0.1000. The second-order valence-corrected chi connectivity index (χ2v) is 13.3. The molecule has 6 rings (SSSR count). The molecule has 1 aliphatic heterocycles. The van der Waals surface area contributed by atoms with E-state index in [1.54, 1.807) is 18.2 Å². The number of hydrogen-bond acceptors (Lipinski definition) is 7. The van der Waals surface area contributed by atoms with Crippen molar-refractivity contribution in [2.45, 2.75) is 51.4 Å². The zero-order valence-corrected chi connectivity index (χ0v) is 29.7. The molecule has 9 nitrogen and oxygen atoms in total. The number of aromatic amines is 1. The van der Waals surface area contributed by atoms with Gasteiger partial charge in [-0.05, 0) is 53.9 Å². The third kappa shape index (κ3) is 12.3. The van der Waals surface area contributed by atoms with Gasteiger partial charge in [-0.25, -0.2) is 9.18 Å². The summed E-state index contributed by atoms with van der Waals surface area (Å²) >= 11 is 0. The summed E-state index contributed by atoms with van der Waals surface area (Å²) in [6.45, 7) is 2.50. The minimum atomic E-state index is -4.98. The van der Waals surface area contributed by atoms with Crippen LogP contribution in [0.15, 0.2) is 114 Å². The first kappa shape index (κ1) is 40.7. The Morgan fingerprint density at radius 1 is 0.833 bits per heavy atom. The second-order valence-electron chi connectivity index (χ2n) is 12.0. The van der Waals surface area contributed by atoms with Gasteiger partial charge in [0.05, 0.1) is 50.1 Å². The Bertz CT molecular complexity index is 1870. The molecule has 2 atom stereocenters. The number of halogens is 7. The number of alkyl halides is 6. The predicted octanol–water partition coefficient (Wildman–Crippen LogP) is 8.88. The maximum Gasteiger partial charge on any atom is 0.416 e. The maximum absolute atomic E-state index is 13.4. The minimum absolute atomic E-state index is 0.0697. The number of benzene rings is 4. The fraction of sp³-hybridized carbons (Fsp3) is 0.297. The van der Waals surface area contributed by atoms with E-state index in [4.69, 9.17) is 18.5 Å². The van der Waals surface area contributed by atoms with Crippen LogP contribution in [0.5, 0.6) is 0 Å². The maximum atomic E-state index is 13.4. The van der Waals surface area contributed by atoms with E-state index < -0.39 is 50.1 Å². The molecular formula is C37H36F7N4O5P. The molecule has 0 unspecified atom stereocenters. The summed E-state index contributed by atoms with van der Waals surface area (Å²) in [6, 6.07) is 28.0. The van der Waals surface area contributed by atoms with Gasteiger partial charge in [0.25, 0.3) is 0 Å². The number of morpholine rings is 1. The van der Waals surface area contributed by atoms with Gasteiger partial charge in [0, 0.05) is 6.54 Å². The lowest BCUT2D eigenvalue weighted by molar-refractivity contribution is -0.201. The van der Waals surface area contributed by atoms with Crippen LogP contribution in [0, 0.1) is 5.82 Å². The topological polar surface area (TPSA) is 90.8 Å². The highest BCUT2D eigenvalue weighted by Gasteiger charge is 2.38. The van der Waals surface area contributed by atoms with Crippen molar-refractivity contribution >= 4 is 8.53 Å². The summed E-state index contributed by atoms with van der Waals surface area (Å²) in [5.74, 6) is 0.109. The molecular weight excluding hydrogens is 744 g/mol. The molecule has 0 saturated carbocycles. The van der Waals surface area contributed by atoms with Crippen LogP contribution >= 0.6 is 8.53 Å². The summed E-state index contributed by atoms with van der Waals surface area (Å²) in [5, 5.41) is 4.42. The predicted molar refractivity (Wildman–Crippen MR) is 185 cm³/mol. The normalized spacial score (nSPS) is 15.8. The Labute approximate surface area is 307 Å². The average Bonchev–Trinajstić information content (AvgIpc) is 3.51. The second kappa shape index (κ2) is 18.7. The Kier molecular flexibility index (Phi) is 14.1. The molecule has 5 aromatic rings. The number of H-pyrrole nitrogens is 1. The molecule has 1 fully saturated rings. The SMILES string of the molecule is C[C@@H](O[C@@H]1CN(Cc2nn(P(OCc3ccccc3)OCc3ccccc3)c(=O)[nH]2)CCO1)c1cc(C(F)(F)F)cc(C(F)(F)F)c1.Fc1ccccc1. The first-order chi connectivity index (χ1) is 25.7. The Morgan fingerprint density at radius 3 is 1.83 bits per heavy atom. The van der Waals surface area contributed by atoms with Crippen molar-refractivity contribution in [2.24, 2.45) is 0 Å². The summed E-state index contributed by atoms with van der Waals surface area (Å²) in [5.41, 5.74) is -1.95. The number of nitrogens with zero attached hydrogens (tertiary/aromatic N) is 3. The van der Waals surface area contributed by atoms with Crippen LogP contribution in [0.1, 0.15) is 46.7 Å². The van der Waals surface area contributed by atoms with Gasteiger partial charge in [-0.1, -0.05) is 78.9 Å². The zero-order chi connectivity index (χ0) is 38.7. The van der Waals surface area contributed by atoms with Gasteiger partial charge >= 0.3 is 26.6 Å². The van der Waals surface area contributed by atoms with Crippen molar-refractivity contribution in [3.8, 4) is 0 Å². The Morgan fingerprint density at radius 2 is 1.35 bits per heavy atom. The highest BCUT2D eigenvalue weighted by Crippen LogP contribution is 2.40. The molecule has 1 saturated heterocycles. The fourth-order valence-electron chi connectivity index (χ4n) is 5.14. The lowest BCUT2D eigenvalue weighted by Gasteiger charge is -2.33. The van der Waals surface area contributed by atoms with Gasteiger partial charge in [-0.3, -0.25) is 9.88 Å². The van der Waals surface area contributed by atoms with Crippen molar-refractivity contribution in [3.05, 3.63) is 159 Å². The van der Waals surface area contributed by atoms with Gasteiger partial charge in [-0.2, -0.15) is 26.3 Å². The molecule has 54 heavy (non-hydrogen) atoms. The standard InChI is InChI=1S/C31H31F6N4O5P.C6H5F/c1-21(24-14-25(30(32,33)34)16-26(15-24)31(35,36)37)46-28-18-40(12-13-43-28)17-27-38-29(42)41(39-27)47(44-19-22-8-4-2-5-9-22)45-20-23-10-6-3-7-11-23;7-6-4-2-1-3-5-6/h2-11,14-16,21,28H,12-13,17-20H2,1H3,(H,38,39,42);1-5H/t21-,28-;/m1./s1. The summed E-state index contributed by atoms with van der Waals surface area (Å²) < 4.78 is 117. The van der Waals surface area contributed by atoms with Gasteiger partial charge in [-0.15, -0.1) is 9.55 Å². The molecule has 0 radical (unpaired) electrons. The van der Waals surface area contributed by atoms with E-state index in [0.29, 0.717) is 18.7 Å². The van der Waals surface area contributed by atoms with E-state index in [1.807, 2.05) is 65.6 Å². The average molecular weight is 781 g/mol. The van der Waals surface area contributed by atoms with Crippen LogP contribution in [0.4, 0.5) is 30.7 Å². The molecule has 17 heteroatoms. The monoisotopic (exact) mass is 780 g/mol. The smallest absolute Gasteiger partial charge is 0.350 e. The molecule has 0 aliphatic carbocycles. The van der Waals surface area contributed by atoms with Crippen LogP contribution in [-0.4, -0.2) is 45.4 Å². The van der Waals surface area contributed by atoms with Crippen LogP contribution in [0.2, 0.25) is 0 Å². The van der Waals surface area contributed by atoms with E-state index in [9.17, 15) is 35.5 Å². The Balaban J connectivity index is 0.000000719. The molecule has 0 bridgehead atoms. The lowest BCUT2D eigenvalue weighted by Crippen LogP contribution is -2.43. The van der Waals surface area contributed by atoms with Gasteiger partial charge in [0.15, 0.2) is 6.29 Å². The highest BCUT2D eigenvalue weighted by atomic mass is 31.2. The molecule has 4 aromatic carbocycles. The molecule has 2 heterocycles. The number of ether oxygens (including phenoxy) is 2. The molecule has 0 amide bonds. The minimum Gasteiger partial charge on any atom is -0.350 e. The van der Waals surface area contributed by atoms with Gasteiger partial charge in [0.1, 0.15) is 11.6 Å². The molecule has 1 aliphatic rings. The summed E-state index contributed by atoms with van der Waals surface area (Å²) in [4.78, 5) is 17.5. The first-order valence-electron chi connectivity index (χ1n) is 16.6. The number of hydrogen-bond donors (Lipinski definition) is 1. The third-order valence-corrected chi connectivity index (χ3v) is 9.11. The number of aromatic nitrogens is 3. The third-order valence-electron chi connectivity index (χ3n) is 7.83.